The minimum Gasteiger partial charge on any atom is -0.497 e. The summed E-state index contributed by atoms with van der Waals surface area (Å²) in [6, 6.07) is 13.4. The number of methoxy groups -OCH3 is 1. The molecule has 4 rings (SSSR count). The Hall–Kier alpha value is -2.80. The van der Waals surface area contributed by atoms with Crippen LogP contribution in [-0.4, -0.2) is 37.7 Å². The number of hydrogen-bond acceptors (Lipinski definition) is 6. The van der Waals surface area contributed by atoms with Crippen molar-refractivity contribution in [1.29, 1.82) is 0 Å². The Morgan fingerprint density at radius 3 is 2.79 bits per heavy atom. The number of fused-ring (bicyclic) bond motifs is 1. The highest BCUT2D eigenvalue weighted by Gasteiger charge is 2.27. The highest BCUT2D eigenvalue weighted by Crippen LogP contribution is 2.33. The molecular weight excluding hydrogens is 386 g/mol. The molecule has 3 aromatic rings. The van der Waals surface area contributed by atoms with Gasteiger partial charge < -0.3 is 19.7 Å². The van der Waals surface area contributed by atoms with Crippen LogP contribution in [0.2, 0.25) is 0 Å². The Bertz CT molecular complexity index is 987. The third kappa shape index (κ3) is 4.45. The van der Waals surface area contributed by atoms with Crippen molar-refractivity contribution < 1.29 is 14.3 Å². The summed E-state index contributed by atoms with van der Waals surface area (Å²) >= 11 is 1.65. The Balaban J connectivity index is 1.44. The molecule has 1 fully saturated rings. The second-order valence-electron chi connectivity index (χ2n) is 7.06. The number of nitrogens with zero attached hydrogens (tertiary/aromatic N) is 2. The summed E-state index contributed by atoms with van der Waals surface area (Å²) in [5.74, 6) is 1.64. The summed E-state index contributed by atoms with van der Waals surface area (Å²) in [7, 11) is 1.63. The number of carbonyl (C=O) groups is 1. The Labute approximate surface area is 174 Å². The number of carbonyl (C=O) groups excluding carboxylic acids is 1. The fourth-order valence-corrected chi connectivity index (χ4v) is 4.60. The quantitative estimate of drug-likeness (QED) is 0.644. The van der Waals surface area contributed by atoms with E-state index in [1.807, 2.05) is 49.4 Å². The van der Waals surface area contributed by atoms with E-state index in [2.05, 4.69) is 10.2 Å². The van der Waals surface area contributed by atoms with Gasteiger partial charge in [0, 0.05) is 18.8 Å². The number of thiazole rings is 1. The molecule has 1 saturated heterocycles. The summed E-state index contributed by atoms with van der Waals surface area (Å²) < 4.78 is 11.9. The Morgan fingerprint density at radius 1 is 1.24 bits per heavy atom. The molecule has 0 aliphatic carbocycles. The molecule has 0 radical (unpaired) electrons. The number of piperidine rings is 1. The van der Waals surface area contributed by atoms with Gasteiger partial charge in [-0.1, -0.05) is 11.3 Å². The molecule has 1 aliphatic heterocycles. The molecule has 0 spiro atoms. The van der Waals surface area contributed by atoms with Crippen LogP contribution >= 0.6 is 11.3 Å². The average molecular weight is 412 g/mol. The summed E-state index contributed by atoms with van der Waals surface area (Å²) in [6.07, 6.45) is 1.86. The van der Waals surface area contributed by atoms with Crippen molar-refractivity contribution in [1.82, 2.24) is 4.98 Å². The molecular formula is C22H25N3O3S. The van der Waals surface area contributed by atoms with E-state index in [0.717, 1.165) is 51.9 Å². The van der Waals surface area contributed by atoms with Gasteiger partial charge in [0.15, 0.2) is 5.13 Å². The van der Waals surface area contributed by atoms with Crippen LogP contribution < -0.4 is 19.7 Å². The van der Waals surface area contributed by atoms with Crippen LogP contribution in [0.15, 0.2) is 42.5 Å². The van der Waals surface area contributed by atoms with E-state index >= 15 is 0 Å². The maximum atomic E-state index is 12.8. The molecule has 6 nitrogen and oxygen atoms in total. The molecule has 0 bridgehead atoms. The zero-order valence-electron chi connectivity index (χ0n) is 16.7. The minimum atomic E-state index is -0.0585. The molecule has 152 valence electrons. The molecule has 1 N–H and O–H groups in total. The topological polar surface area (TPSA) is 63.7 Å². The lowest BCUT2D eigenvalue weighted by Crippen LogP contribution is -2.40. The lowest BCUT2D eigenvalue weighted by Gasteiger charge is -2.31. The molecule has 29 heavy (non-hydrogen) atoms. The lowest BCUT2D eigenvalue weighted by molar-refractivity contribution is -0.120. The first-order valence-corrected chi connectivity index (χ1v) is 10.7. The third-order valence-corrected chi connectivity index (χ3v) is 6.16. The van der Waals surface area contributed by atoms with Crippen LogP contribution in [0.25, 0.3) is 10.2 Å². The average Bonchev–Trinajstić information content (AvgIpc) is 3.18. The number of ether oxygens (including phenoxy) is 2. The van der Waals surface area contributed by atoms with Gasteiger partial charge in [-0.3, -0.25) is 4.79 Å². The number of amides is 1. The number of nitrogens with one attached hydrogen (secondary N) is 1. The standard InChI is InChI=1S/C22H25N3O3S/c1-3-28-18-10-11-19-20(13-18)29-22(24-19)25-12-4-5-15(14-25)21(26)23-16-6-8-17(27-2)9-7-16/h6-11,13,15H,3-5,12,14H2,1-2H3,(H,23,26)/t15-/m0/s1. The normalized spacial score (nSPS) is 16.6. The molecule has 7 heteroatoms. The van der Waals surface area contributed by atoms with Crippen molar-refractivity contribution in [2.75, 3.05) is 37.0 Å². The zero-order chi connectivity index (χ0) is 20.2. The van der Waals surface area contributed by atoms with E-state index in [9.17, 15) is 4.79 Å². The van der Waals surface area contributed by atoms with Gasteiger partial charge >= 0.3 is 0 Å². The predicted molar refractivity (Wildman–Crippen MR) is 117 cm³/mol. The van der Waals surface area contributed by atoms with Crippen molar-refractivity contribution in [2.24, 2.45) is 5.92 Å². The van der Waals surface area contributed by atoms with Crippen molar-refractivity contribution in [2.45, 2.75) is 19.8 Å². The van der Waals surface area contributed by atoms with Crippen molar-refractivity contribution in [3.05, 3.63) is 42.5 Å². The number of benzene rings is 2. The lowest BCUT2D eigenvalue weighted by atomic mass is 9.97. The second kappa shape index (κ2) is 8.69. The molecule has 1 aliphatic rings. The number of anilines is 2. The van der Waals surface area contributed by atoms with E-state index in [1.165, 1.54) is 0 Å². The molecule has 2 aromatic carbocycles. The van der Waals surface area contributed by atoms with Crippen molar-refractivity contribution in [3.63, 3.8) is 0 Å². The van der Waals surface area contributed by atoms with E-state index in [-0.39, 0.29) is 11.8 Å². The van der Waals surface area contributed by atoms with Crippen LogP contribution in [0.5, 0.6) is 11.5 Å². The van der Waals surface area contributed by atoms with E-state index in [1.54, 1.807) is 18.4 Å². The fraction of sp³-hybridized carbons (Fsp3) is 0.364. The van der Waals surface area contributed by atoms with Crippen molar-refractivity contribution in [3.8, 4) is 11.5 Å². The van der Waals surface area contributed by atoms with Gasteiger partial charge in [0.25, 0.3) is 0 Å². The molecule has 2 heterocycles. The van der Waals surface area contributed by atoms with Crippen LogP contribution in [0.4, 0.5) is 10.8 Å². The van der Waals surface area contributed by atoms with E-state index in [0.29, 0.717) is 13.2 Å². The molecule has 1 aromatic heterocycles. The maximum absolute atomic E-state index is 12.8. The van der Waals surface area contributed by atoms with Gasteiger partial charge in [-0.05, 0) is 62.2 Å². The molecule has 0 saturated carbocycles. The summed E-state index contributed by atoms with van der Waals surface area (Å²) in [6.45, 7) is 4.23. The fourth-order valence-electron chi connectivity index (χ4n) is 3.57. The first-order valence-electron chi connectivity index (χ1n) is 9.89. The number of aromatic nitrogens is 1. The Morgan fingerprint density at radius 2 is 2.03 bits per heavy atom. The van der Waals surface area contributed by atoms with Gasteiger partial charge in [-0.15, -0.1) is 0 Å². The van der Waals surface area contributed by atoms with Crippen LogP contribution in [0, 0.1) is 5.92 Å². The largest absolute Gasteiger partial charge is 0.497 e. The van der Waals surface area contributed by atoms with Gasteiger partial charge in [0.2, 0.25) is 5.91 Å². The van der Waals surface area contributed by atoms with Crippen LogP contribution in [-0.2, 0) is 4.79 Å². The number of rotatable bonds is 6. The zero-order valence-corrected chi connectivity index (χ0v) is 17.5. The smallest absolute Gasteiger partial charge is 0.229 e. The van der Waals surface area contributed by atoms with Gasteiger partial charge in [-0.2, -0.15) is 0 Å². The maximum Gasteiger partial charge on any atom is 0.229 e. The molecule has 1 atom stereocenters. The van der Waals surface area contributed by atoms with Crippen molar-refractivity contribution >= 4 is 38.3 Å². The van der Waals surface area contributed by atoms with E-state index < -0.39 is 0 Å². The molecule has 1 amide bonds. The SMILES string of the molecule is CCOc1ccc2nc(N3CCC[C@H](C(=O)Nc4ccc(OC)cc4)C3)sc2c1. The minimum absolute atomic E-state index is 0.0552. The molecule has 0 unspecified atom stereocenters. The van der Waals surface area contributed by atoms with Gasteiger partial charge in [0.05, 0.1) is 29.9 Å². The summed E-state index contributed by atoms with van der Waals surface area (Å²) in [5.41, 5.74) is 1.76. The van der Waals surface area contributed by atoms with Crippen LogP contribution in [0.1, 0.15) is 19.8 Å². The highest BCUT2D eigenvalue weighted by atomic mass is 32.1. The van der Waals surface area contributed by atoms with Gasteiger partial charge in [-0.25, -0.2) is 4.98 Å². The second-order valence-corrected chi connectivity index (χ2v) is 8.07. The van der Waals surface area contributed by atoms with E-state index in [4.69, 9.17) is 14.5 Å². The van der Waals surface area contributed by atoms with Crippen LogP contribution in [0.3, 0.4) is 0 Å². The monoisotopic (exact) mass is 411 g/mol. The summed E-state index contributed by atoms with van der Waals surface area (Å²) in [5, 5.41) is 4.00. The first kappa shape index (κ1) is 19.5. The first-order chi connectivity index (χ1) is 14.2. The Kier molecular flexibility index (Phi) is 5.85. The highest BCUT2D eigenvalue weighted by molar-refractivity contribution is 7.22. The summed E-state index contributed by atoms with van der Waals surface area (Å²) in [4.78, 5) is 19.8. The predicted octanol–water partition coefficient (Wildman–Crippen LogP) is 4.56. The van der Waals surface area contributed by atoms with Gasteiger partial charge in [0.1, 0.15) is 11.5 Å². The number of hydrogen-bond donors (Lipinski definition) is 1. The third-order valence-electron chi connectivity index (χ3n) is 5.08.